The van der Waals surface area contributed by atoms with Gasteiger partial charge in [0.05, 0.1) is 17.1 Å². The third-order valence-corrected chi connectivity index (χ3v) is 3.84. The van der Waals surface area contributed by atoms with Gasteiger partial charge >= 0.3 is 5.97 Å². The smallest absolute Gasteiger partial charge is 0.339 e. The van der Waals surface area contributed by atoms with Crippen LogP contribution in [0.15, 0.2) is 36.4 Å². The van der Waals surface area contributed by atoms with Crippen molar-refractivity contribution in [2.24, 2.45) is 0 Å². The second kappa shape index (κ2) is 7.97. The first kappa shape index (κ1) is 17.3. The number of nitrogens with zero attached hydrogens (tertiary/aromatic N) is 2. The highest BCUT2D eigenvalue weighted by molar-refractivity contribution is 6.30. The van der Waals surface area contributed by atoms with E-state index in [0.29, 0.717) is 34.8 Å². The molecule has 1 aromatic heterocycles. The molecular weight excluding hydrogens is 312 g/mol. The molecule has 0 saturated heterocycles. The van der Waals surface area contributed by atoms with Crippen LogP contribution >= 0.6 is 11.6 Å². The fraction of sp³-hybridized carbons (Fsp3) is 0.333. The van der Waals surface area contributed by atoms with Gasteiger partial charge in [-0.2, -0.15) is 5.10 Å². The lowest BCUT2D eigenvalue weighted by Gasteiger charge is -2.06. The lowest BCUT2D eigenvalue weighted by molar-refractivity contribution is 0.0694. The second-order valence-corrected chi connectivity index (χ2v) is 5.67. The van der Waals surface area contributed by atoms with Crippen LogP contribution in [-0.2, 0) is 12.8 Å². The number of hydrogen-bond acceptors (Lipinski definition) is 2. The van der Waals surface area contributed by atoms with Gasteiger partial charge in [0.1, 0.15) is 5.56 Å². The van der Waals surface area contributed by atoms with Crippen molar-refractivity contribution < 1.29 is 9.90 Å². The Morgan fingerprint density at radius 1 is 1.35 bits per heavy atom. The normalized spacial score (nSPS) is 11.3. The van der Waals surface area contributed by atoms with Crippen LogP contribution in [0.5, 0.6) is 0 Å². The predicted molar refractivity (Wildman–Crippen MR) is 92.7 cm³/mol. The molecule has 0 spiro atoms. The van der Waals surface area contributed by atoms with Crippen molar-refractivity contribution in [2.75, 3.05) is 0 Å². The van der Waals surface area contributed by atoms with Crippen molar-refractivity contribution in [3.05, 3.63) is 58.4 Å². The van der Waals surface area contributed by atoms with Crippen molar-refractivity contribution >= 4 is 17.6 Å². The summed E-state index contributed by atoms with van der Waals surface area (Å²) in [4.78, 5) is 11.7. The van der Waals surface area contributed by atoms with Crippen LogP contribution in [0, 0.1) is 0 Å². The average molecular weight is 333 g/mol. The number of hydrogen-bond donors (Lipinski definition) is 1. The Hall–Kier alpha value is -2.07. The summed E-state index contributed by atoms with van der Waals surface area (Å²) in [6, 6.07) is 7.29. The van der Waals surface area contributed by atoms with Crippen molar-refractivity contribution in [1.82, 2.24) is 9.78 Å². The molecular formula is C18H21ClN2O2. The minimum absolute atomic E-state index is 0.317. The Labute approximate surface area is 141 Å². The molecule has 2 rings (SSSR count). The molecule has 5 heteroatoms. The van der Waals surface area contributed by atoms with Gasteiger partial charge < -0.3 is 5.11 Å². The first-order chi connectivity index (χ1) is 11.1. The Morgan fingerprint density at radius 2 is 2.13 bits per heavy atom. The number of rotatable bonds is 7. The van der Waals surface area contributed by atoms with E-state index in [2.05, 4.69) is 24.2 Å². The van der Waals surface area contributed by atoms with E-state index in [0.717, 1.165) is 18.5 Å². The molecule has 0 amide bonds. The van der Waals surface area contributed by atoms with Gasteiger partial charge in [0.2, 0.25) is 0 Å². The first-order valence-corrected chi connectivity index (χ1v) is 8.21. The summed E-state index contributed by atoms with van der Waals surface area (Å²) in [6.45, 7) is 4.01. The number of benzene rings is 1. The Bertz CT molecular complexity index is 720. The van der Waals surface area contributed by atoms with E-state index in [1.165, 1.54) is 0 Å². The maximum atomic E-state index is 11.7. The van der Waals surface area contributed by atoms with Crippen LogP contribution in [0.1, 0.15) is 48.4 Å². The zero-order valence-electron chi connectivity index (χ0n) is 13.4. The van der Waals surface area contributed by atoms with Crippen LogP contribution in [-0.4, -0.2) is 20.9 Å². The van der Waals surface area contributed by atoms with Gasteiger partial charge in [0.15, 0.2) is 0 Å². The van der Waals surface area contributed by atoms with Gasteiger partial charge in [-0.3, -0.25) is 0 Å². The first-order valence-electron chi connectivity index (χ1n) is 7.83. The van der Waals surface area contributed by atoms with E-state index in [4.69, 9.17) is 11.6 Å². The minimum atomic E-state index is -0.926. The van der Waals surface area contributed by atoms with E-state index in [1.807, 2.05) is 19.1 Å². The third kappa shape index (κ3) is 4.02. The molecule has 23 heavy (non-hydrogen) atoms. The topological polar surface area (TPSA) is 55.1 Å². The molecule has 0 aliphatic carbocycles. The Morgan fingerprint density at radius 3 is 2.74 bits per heavy atom. The molecule has 0 aliphatic heterocycles. The monoisotopic (exact) mass is 332 g/mol. The highest BCUT2D eigenvalue weighted by atomic mass is 35.5. The van der Waals surface area contributed by atoms with E-state index >= 15 is 0 Å². The van der Waals surface area contributed by atoms with Gasteiger partial charge in [-0.1, -0.05) is 43.7 Å². The summed E-state index contributed by atoms with van der Waals surface area (Å²) in [6.07, 6.45) is 7.10. The summed E-state index contributed by atoms with van der Waals surface area (Å²) < 4.78 is 1.70. The standard InChI is InChI=1S/C18H21ClN2O2/c1-3-5-6-7-11-15-17(18(22)23)16(4-2)21(20-15)14-10-8-9-13(19)12-14/h5-6,8-10,12H,3-4,7,11H2,1-2H3,(H,22,23)/b6-5-. The number of aryl methyl sites for hydroxylation is 1. The summed E-state index contributed by atoms with van der Waals surface area (Å²) in [5, 5.41) is 14.8. The highest BCUT2D eigenvalue weighted by Crippen LogP contribution is 2.23. The molecule has 1 aromatic carbocycles. The summed E-state index contributed by atoms with van der Waals surface area (Å²) >= 11 is 6.05. The molecule has 1 heterocycles. The van der Waals surface area contributed by atoms with E-state index in [9.17, 15) is 9.90 Å². The lowest BCUT2D eigenvalue weighted by Crippen LogP contribution is -2.06. The number of allylic oxidation sites excluding steroid dienone is 2. The fourth-order valence-electron chi connectivity index (χ4n) is 2.58. The van der Waals surface area contributed by atoms with Gasteiger partial charge in [-0.05, 0) is 43.9 Å². The maximum Gasteiger partial charge on any atom is 0.339 e. The summed E-state index contributed by atoms with van der Waals surface area (Å²) in [7, 11) is 0. The number of carbonyl (C=O) groups is 1. The number of aromatic nitrogens is 2. The van der Waals surface area contributed by atoms with Crippen LogP contribution in [0.2, 0.25) is 5.02 Å². The number of carboxylic acids is 1. The van der Waals surface area contributed by atoms with Gasteiger partial charge in [-0.25, -0.2) is 9.48 Å². The zero-order valence-corrected chi connectivity index (χ0v) is 14.2. The maximum absolute atomic E-state index is 11.7. The van der Waals surface area contributed by atoms with E-state index in [-0.39, 0.29) is 0 Å². The van der Waals surface area contributed by atoms with Crippen LogP contribution < -0.4 is 0 Å². The highest BCUT2D eigenvalue weighted by Gasteiger charge is 2.22. The van der Waals surface area contributed by atoms with Crippen LogP contribution in [0.25, 0.3) is 5.69 Å². The van der Waals surface area contributed by atoms with Gasteiger partial charge in [0.25, 0.3) is 0 Å². The zero-order chi connectivity index (χ0) is 16.8. The molecule has 0 atom stereocenters. The molecule has 122 valence electrons. The summed E-state index contributed by atoms with van der Waals surface area (Å²) in [5.41, 5.74) is 2.42. The number of aromatic carboxylic acids is 1. The molecule has 0 fully saturated rings. The molecule has 0 radical (unpaired) electrons. The van der Waals surface area contributed by atoms with Crippen LogP contribution in [0.4, 0.5) is 0 Å². The Balaban J connectivity index is 2.46. The molecule has 0 bridgehead atoms. The van der Waals surface area contributed by atoms with E-state index in [1.54, 1.807) is 16.8 Å². The fourth-order valence-corrected chi connectivity index (χ4v) is 2.76. The van der Waals surface area contributed by atoms with E-state index < -0.39 is 5.97 Å². The molecule has 0 aliphatic rings. The quantitative estimate of drug-likeness (QED) is 0.748. The van der Waals surface area contributed by atoms with Gasteiger partial charge in [0, 0.05) is 5.02 Å². The molecule has 2 aromatic rings. The third-order valence-electron chi connectivity index (χ3n) is 3.61. The van der Waals surface area contributed by atoms with Gasteiger partial charge in [-0.15, -0.1) is 0 Å². The Kier molecular flexibility index (Phi) is 5.99. The molecule has 1 N–H and O–H groups in total. The summed E-state index contributed by atoms with van der Waals surface area (Å²) in [5.74, 6) is -0.926. The lowest BCUT2D eigenvalue weighted by atomic mass is 10.1. The molecule has 4 nitrogen and oxygen atoms in total. The average Bonchev–Trinajstić information content (AvgIpc) is 2.90. The largest absolute Gasteiger partial charge is 0.478 e. The minimum Gasteiger partial charge on any atom is -0.478 e. The van der Waals surface area contributed by atoms with Crippen molar-refractivity contribution in [1.29, 1.82) is 0 Å². The second-order valence-electron chi connectivity index (χ2n) is 5.24. The SMILES string of the molecule is CC/C=C\CCc1nn(-c2cccc(Cl)c2)c(CC)c1C(=O)O. The molecule has 0 saturated carbocycles. The van der Waals surface area contributed by atoms with Crippen LogP contribution in [0.3, 0.4) is 0 Å². The predicted octanol–water partition coefficient (Wildman–Crippen LogP) is 4.69. The number of carboxylic acid groups (broad SMARTS) is 1. The molecule has 0 unspecified atom stereocenters. The van der Waals surface area contributed by atoms with Crippen molar-refractivity contribution in [2.45, 2.75) is 39.5 Å². The van der Waals surface area contributed by atoms with Crippen molar-refractivity contribution in [3.63, 3.8) is 0 Å². The van der Waals surface area contributed by atoms with Crippen molar-refractivity contribution in [3.8, 4) is 5.69 Å². The number of halogens is 1.